The second-order valence-corrected chi connectivity index (χ2v) is 9.54. The highest BCUT2D eigenvalue weighted by Gasteiger charge is 2.28. The Labute approximate surface area is 171 Å². The van der Waals surface area contributed by atoms with Crippen molar-refractivity contribution >= 4 is 21.6 Å². The van der Waals surface area contributed by atoms with Crippen LogP contribution in [0.4, 0.5) is 5.82 Å². The maximum Gasteiger partial charge on any atom is 0.233 e. The van der Waals surface area contributed by atoms with Crippen LogP contribution in [-0.4, -0.2) is 30.5 Å². The van der Waals surface area contributed by atoms with E-state index in [0.717, 1.165) is 31.9 Å². The predicted octanol–water partition coefficient (Wildman–Crippen LogP) is 3.36. The second-order valence-electron chi connectivity index (χ2n) is 7.56. The van der Waals surface area contributed by atoms with Crippen molar-refractivity contribution in [2.24, 2.45) is 5.92 Å². The Morgan fingerprint density at radius 1 is 1.31 bits per heavy atom. The van der Waals surface area contributed by atoms with Gasteiger partial charge in [-0.2, -0.15) is 5.26 Å². The Balaban J connectivity index is 1.94. The largest absolute Gasteiger partial charge is 0.310 e. The number of nitrogens with zero attached hydrogens (tertiary/aromatic N) is 3. The van der Waals surface area contributed by atoms with E-state index in [0.29, 0.717) is 29.5 Å². The molecule has 1 amide bonds. The molecule has 1 heterocycles. The van der Waals surface area contributed by atoms with Crippen molar-refractivity contribution in [3.63, 3.8) is 0 Å². The van der Waals surface area contributed by atoms with Crippen LogP contribution < -0.4 is 5.32 Å². The summed E-state index contributed by atoms with van der Waals surface area (Å²) in [7, 11) is -3.52. The number of carbonyl (C=O) groups excluding carboxylic acids is 1. The topological polar surface area (TPSA) is 113 Å². The number of anilines is 1. The molecule has 0 spiro atoms. The number of hydrogen-bond donors (Lipinski definition) is 1. The molecule has 0 bridgehead atoms. The average Bonchev–Trinajstić information content (AvgIpc) is 3.18. The Morgan fingerprint density at radius 2 is 2.03 bits per heavy atom. The zero-order valence-corrected chi connectivity index (χ0v) is 17.4. The summed E-state index contributed by atoms with van der Waals surface area (Å²) in [6.45, 7) is 1.74. The maximum absolute atomic E-state index is 13.1. The molecule has 1 atom stereocenters. The molecule has 1 aliphatic carbocycles. The number of aromatic nitrogens is 2. The fourth-order valence-electron chi connectivity index (χ4n) is 3.89. The third-order valence-electron chi connectivity index (χ3n) is 5.31. The molecule has 152 valence electrons. The SMILES string of the molecule is Cc1nccc(NC(=O)C(CC2CCCC2)c2ccc(S(C)(=O)=O)c(C#N)c2)n1. The quantitative estimate of drug-likeness (QED) is 0.778. The monoisotopic (exact) mass is 412 g/mol. The minimum absolute atomic E-state index is 0.0183. The van der Waals surface area contributed by atoms with Gasteiger partial charge in [-0.05, 0) is 43.0 Å². The van der Waals surface area contributed by atoms with E-state index in [9.17, 15) is 18.5 Å². The van der Waals surface area contributed by atoms with Crippen molar-refractivity contribution in [3.05, 3.63) is 47.4 Å². The van der Waals surface area contributed by atoms with Gasteiger partial charge in [0.05, 0.1) is 16.4 Å². The van der Waals surface area contributed by atoms with Gasteiger partial charge in [-0.25, -0.2) is 18.4 Å². The van der Waals surface area contributed by atoms with Gasteiger partial charge in [0.25, 0.3) is 0 Å². The first-order valence-electron chi connectivity index (χ1n) is 9.62. The van der Waals surface area contributed by atoms with Crippen molar-refractivity contribution in [1.29, 1.82) is 5.26 Å². The minimum Gasteiger partial charge on any atom is -0.310 e. The van der Waals surface area contributed by atoms with Crippen LogP contribution in [0.25, 0.3) is 0 Å². The first-order valence-corrected chi connectivity index (χ1v) is 11.5. The van der Waals surface area contributed by atoms with Crippen molar-refractivity contribution in [2.45, 2.75) is 49.8 Å². The highest BCUT2D eigenvalue weighted by Crippen LogP contribution is 2.35. The Kier molecular flexibility index (Phi) is 6.28. The molecule has 1 aromatic carbocycles. The summed E-state index contributed by atoms with van der Waals surface area (Å²) in [6, 6.07) is 8.18. The van der Waals surface area contributed by atoms with Crippen molar-refractivity contribution in [2.75, 3.05) is 11.6 Å². The maximum atomic E-state index is 13.1. The van der Waals surface area contributed by atoms with Gasteiger partial charge >= 0.3 is 0 Å². The molecule has 0 aliphatic heterocycles. The fraction of sp³-hybridized carbons (Fsp3) is 0.429. The lowest BCUT2D eigenvalue weighted by molar-refractivity contribution is -0.118. The fourth-order valence-corrected chi connectivity index (χ4v) is 4.71. The van der Waals surface area contributed by atoms with Crippen LogP contribution in [0.2, 0.25) is 0 Å². The molecule has 7 nitrogen and oxygen atoms in total. The molecular formula is C21H24N4O3S. The van der Waals surface area contributed by atoms with Gasteiger partial charge in [0.15, 0.2) is 9.84 Å². The minimum atomic E-state index is -3.52. The second kappa shape index (κ2) is 8.70. The van der Waals surface area contributed by atoms with Crippen LogP contribution in [-0.2, 0) is 14.6 Å². The summed E-state index contributed by atoms with van der Waals surface area (Å²) in [6.07, 6.45) is 7.76. The first kappa shape index (κ1) is 20.9. The smallest absolute Gasteiger partial charge is 0.233 e. The molecule has 0 radical (unpaired) electrons. The normalized spacial score (nSPS) is 15.6. The first-order chi connectivity index (χ1) is 13.8. The standard InChI is InChI=1S/C21H24N4O3S/c1-14-23-10-9-20(24-14)25-21(26)18(11-15-5-3-4-6-15)16-7-8-19(29(2,27)28)17(12-16)13-22/h7-10,12,15,18H,3-6,11H2,1-2H3,(H,23,24,25,26). The molecule has 29 heavy (non-hydrogen) atoms. The van der Waals surface area contributed by atoms with Crippen molar-refractivity contribution in [3.8, 4) is 6.07 Å². The summed E-state index contributed by atoms with van der Waals surface area (Å²) in [4.78, 5) is 21.4. The lowest BCUT2D eigenvalue weighted by Crippen LogP contribution is -2.24. The highest BCUT2D eigenvalue weighted by molar-refractivity contribution is 7.90. The number of carbonyl (C=O) groups is 1. The van der Waals surface area contributed by atoms with Crippen LogP contribution in [0.15, 0.2) is 35.4 Å². The van der Waals surface area contributed by atoms with Gasteiger partial charge in [0.2, 0.25) is 5.91 Å². The van der Waals surface area contributed by atoms with E-state index >= 15 is 0 Å². The average molecular weight is 413 g/mol. The van der Waals surface area contributed by atoms with Gasteiger partial charge in [0.1, 0.15) is 17.7 Å². The molecule has 0 saturated heterocycles. The summed E-state index contributed by atoms with van der Waals surface area (Å²) >= 11 is 0. The van der Waals surface area contributed by atoms with Crippen LogP contribution in [0, 0.1) is 24.2 Å². The Bertz CT molecular complexity index is 1050. The van der Waals surface area contributed by atoms with E-state index in [1.165, 1.54) is 12.1 Å². The third kappa shape index (κ3) is 5.18. The van der Waals surface area contributed by atoms with E-state index in [4.69, 9.17) is 0 Å². The van der Waals surface area contributed by atoms with Crippen LogP contribution >= 0.6 is 0 Å². The molecular weight excluding hydrogens is 388 g/mol. The van der Waals surface area contributed by atoms with E-state index in [2.05, 4.69) is 15.3 Å². The number of nitrogens with one attached hydrogen (secondary N) is 1. The Morgan fingerprint density at radius 3 is 2.66 bits per heavy atom. The molecule has 1 aliphatic rings. The number of amides is 1. The van der Waals surface area contributed by atoms with E-state index in [1.807, 2.05) is 6.07 Å². The van der Waals surface area contributed by atoms with E-state index < -0.39 is 15.8 Å². The number of rotatable bonds is 6. The van der Waals surface area contributed by atoms with Gasteiger partial charge in [-0.15, -0.1) is 0 Å². The number of benzene rings is 1. The molecule has 3 rings (SSSR count). The predicted molar refractivity (Wildman–Crippen MR) is 109 cm³/mol. The molecule has 8 heteroatoms. The number of aryl methyl sites for hydroxylation is 1. The zero-order valence-electron chi connectivity index (χ0n) is 16.6. The van der Waals surface area contributed by atoms with Crippen LogP contribution in [0.3, 0.4) is 0 Å². The molecule has 2 aromatic rings. The lowest BCUT2D eigenvalue weighted by atomic mass is 9.86. The van der Waals surface area contributed by atoms with Crippen molar-refractivity contribution in [1.82, 2.24) is 9.97 Å². The summed E-state index contributed by atoms with van der Waals surface area (Å²) < 4.78 is 23.9. The zero-order chi connectivity index (χ0) is 21.0. The molecule has 1 fully saturated rings. The number of nitriles is 1. The van der Waals surface area contributed by atoms with Crippen LogP contribution in [0.5, 0.6) is 0 Å². The van der Waals surface area contributed by atoms with E-state index in [-0.39, 0.29) is 16.4 Å². The van der Waals surface area contributed by atoms with Gasteiger partial charge in [-0.3, -0.25) is 4.79 Å². The van der Waals surface area contributed by atoms with Gasteiger partial charge in [0, 0.05) is 12.5 Å². The van der Waals surface area contributed by atoms with E-state index in [1.54, 1.807) is 25.3 Å². The number of hydrogen-bond acceptors (Lipinski definition) is 6. The summed E-state index contributed by atoms with van der Waals surface area (Å²) in [5.41, 5.74) is 0.705. The van der Waals surface area contributed by atoms with Crippen molar-refractivity contribution < 1.29 is 13.2 Å². The molecule has 1 aromatic heterocycles. The lowest BCUT2D eigenvalue weighted by Gasteiger charge is -2.21. The van der Waals surface area contributed by atoms with Crippen LogP contribution in [0.1, 0.15) is 55.0 Å². The third-order valence-corrected chi connectivity index (χ3v) is 6.47. The highest BCUT2D eigenvalue weighted by atomic mass is 32.2. The van der Waals surface area contributed by atoms with Gasteiger partial charge < -0.3 is 5.32 Å². The Hall–Kier alpha value is -2.79. The molecule has 1 saturated carbocycles. The molecule has 1 unspecified atom stereocenters. The van der Waals surface area contributed by atoms with Gasteiger partial charge in [-0.1, -0.05) is 31.7 Å². The summed E-state index contributed by atoms with van der Waals surface area (Å²) in [5.74, 6) is 0.699. The summed E-state index contributed by atoms with van der Waals surface area (Å²) in [5, 5.41) is 12.3. The number of sulfone groups is 1. The molecule has 1 N–H and O–H groups in total.